The van der Waals surface area contributed by atoms with Crippen LogP contribution in [0.4, 0.5) is 0 Å². The van der Waals surface area contributed by atoms with E-state index in [2.05, 4.69) is 15.0 Å². The van der Waals surface area contributed by atoms with Gasteiger partial charge in [0, 0.05) is 0 Å². The van der Waals surface area contributed by atoms with E-state index < -0.39 is 0 Å². The number of nitrogens with zero attached hydrogens (tertiary/aromatic N) is 3. The van der Waals surface area contributed by atoms with Crippen molar-refractivity contribution < 1.29 is 0 Å². The molecule has 0 spiro atoms. The highest BCUT2D eigenvalue weighted by Crippen LogP contribution is 2.08. The summed E-state index contributed by atoms with van der Waals surface area (Å²) in [5.41, 5.74) is 2.24. The molecule has 3 aromatic rings. The Hall–Kier alpha value is -3.07. The predicted octanol–water partition coefficient (Wildman–Crippen LogP) is 4.52. The highest BCUT2D eigenvalue weighted by atomic mass is 15.0. The molecule has 0 bridgehead atoms. The van der Waals surface area contributed by atoms with Gasteiger partial charge in [-0.3, -0.25) is 0 Å². The van der Waals surface area contributed by atoms with E-state index in [0.29, 0.717) is 17.5 Å². The Morgan fingerprint density at radius 3 is 1.43 bits per heavy atom. The van der Waals surface area contributed by atoms with E-state index >= 15 is 0 Å². The SMILES string of the molecule is Cc1nc(C=Cc2ccccc2)nc(C=Cc2ccccc2)n1. The minimum atomic E-state index is 0.661. The van der Waals surface area contributed by atoms with Gasteiger partial charge >= 0.3 is 0 Å². The fourth-order valence-electron chi connectivity index (χ4n) is 2.14. The summed E-state index contributed by atoms with van der Waals surface area (Å²) in [6.45, 7) is 1.88. The number of aromatic nitrogens is 3. The molecule has 0 aliphatic rings. The van der Waals surface area contributed by atoms with Crippen LogP contribution in [-0.2, 0) is 0 Å². The minimum absolute atomic E-state index is 0.661. The lowest BCUT2D eigenvalue weighted by atomic mass is 10.2. The molecule has 3 rings (SSSR count). The van der Waals surface area contributed by atoms with Gasteiger partial charge in [-0.2, -0.15) is 0 Å². The van der Waals surface area contributed by atoms with Gasteiger partial charge in [-0.05, 0) is 30.2 Å². The Balaban J connectivity index is 1.82. The Morgan fingerprint density at radius 1 is 0.565 bits per heavy atom. The first-order valence-corrected chi connectivity index (χ1v) is 7.48. The van der Waals surface area contributed by atoms with Crippen LogP contribution in [0.2, 0.25) is 0 Å². The Morgan fingerprint density at radius 2 is 1.00 bits per heavy atom. The summed E-state index contributed by atoms with van der Waals surface area (Å²) in [6.07, 6.45) is 7.81. The van der Waals surface area contributed by atoms with Crippen LogP contribution in [0.25, 0.3) is 24.3 Å². The molecule has 2 aromatic carbocycles. The third-order valence-corrected chi connectivity index (χ3v) is 3.23. The van der Waals surface area contributed by atoms with Crippen LogP contribution >= 0.6 is 0 Å². The second-order valence-corrected chi connectivity index (χ2v) is 5.09. The zero-order valence-corrected chi connectivity index (χ0v) is 12.9. The molecule has 23 heavy (non-hydrogen) atoms. The molecule has 0 radical (unpaired) electrons. The number of benzene rings is 2. The summed E-state index contributed by atoms with van der Waals surface area (Å²) < 4.78 is 0. The van der Waals surface area contributed by atoms with Gasteiger partial charge in [0.15, 0.2) is 11.6 Å². The molecule has 0 amide bonds. The van der Waals surface area contributed by atoms with E-state index in [9.17, 15) is 0 Å². The average molecular weight is 299 g/mol. The van der Waals surface area contributed by atoms with Gasteiger partial charge in [0.25, 0.3) is 0 Å². The second-order valence-electron chi connectivity index (χ2n) is 5.09. The first-order valence-electron chi connectivity index (χ1n) is 7.48. The Bertz CT molecular complexity index is 754. The third-order valence-electron chi connectivity index (χ3n) is 3.23. The average Bonchev–Trinajstić information content (AvgIpc) is 2.60. The van der Waals surface area contributed by atoms with Crippen LogP contribution in [0.15, 0.2) is 60.7 Å². The number of hydrogen-bond donors (Lipinski definition) is 0. The van der Waals surface area contributed by atoms with Crippen LogP contribution in [0, 0.1) is 6.92 Å². The summed E-state index contributed by atoms with van der Waals surface area (Å²) >= 11 is 0. The van der Waals surface area contributed by atoms with Gasteiger partial charge in [-0.25, -0.2) is 15.0 Å². The molecule has 0 unspecified atom stereocenters. The number of aryl methyl sites for hydroxylation is 1. The van der Waals surface area contributed by atoms with Crippen LogP contribution in [0.1, 0.15) is 28.6 Å². The molecule has 0 fully saturated rings. The van der Waals surface area contributed by atoms with E-state index in [1.165, 1.54) is 0 Å². The van der Waals surface area contributed by atoms with Crippen LogP contribution in [0.3, 0.4) is 0 Å². The zero-order chi connectivity index (χ0) is 15.9. The molecular formula is C20H17N3. The van der Waals surface area contributed by atoms with Crippen molar-refractivity contribution in [2.24, 2.45) is 0 Å². The molecule has 3 nitrogen and oxygen atoms in total. The molecule has 1 heterocycles. The van der Waals surface area contributed by atoms with Gasteiger partial charge in [0.2, 0.25) is 0 Å². The van der Waals surface area contributed by atoms with Crippen molar-refractivity contribution in [1.29, 1.82) is 0 Å². The summed E-state index contributed by atoms with van der Waals surface area (Å²) in [5.74, 6) is 2.03. The van der Waals surface area contributed by atoms with E-state index in [4.69, 9.17) is 0 Å². The summed E-state index contributed by atoms with van der Waals surface area (Å²) in [5, 5.41) is 0. The first kappa shape index (κ1) is 14.9. The standard InChI is InChI=1S/C20H17N3/c1-16-21-19(14-12-17-8-4-2-5-9-17)23-20(22-16)15-13-18-10-6-3-7-11-18/h2-15H,1H3. The van der Waals surface area contributed by atoms with Crippen molar-refractivity contribution >= 4 is 24.3 Å². The topological polar surface area (TPSA) is 38.7 Å². The van der Waals surface area contributed by atoms with Gasteiger partial charge < -0.3 is 0 Å². The maximum atomic E-state index is 4.47. The maximum absolute atomic E-state index is 4.47. The van der Waals surface area contributed by atoms with Gasteiger partial charge in [-0.15, -0.1) is 0 Å². The van der Waals surface area contributed by atoms with Crippen molar-refractivity contribution in [3.63, 3.8) is 0 Å². The molecule has 0 atom stereocenters. The highest BCUT2D eigenvalue weighted by molar-refractivity contribution is 5.69. The molecule has 0 saturated heterocycles. The van der Waals surface area contributed by atoms with Crippen molar-refractivity contribution in [2.45, 2.75) is 6.92 Å². The van der Waals surface area contributed by atoms with E-state index in [1.807, 2.05) is 91.9 Å². The smallest absolute Gasteiger partial charge is 0.156 e. The second kappa shape index (κ2) is 7.27. The maximum Gasteiger partial charge on any atom is 0.156 e. The van der Waals surface area contributed by atoms with Gasteiger partial charge in [0.05, 0.1) is 0 Å². The van der Waals surface area contributed by atoms with Gasteiger partial charge in [-0.1, -0.05) is 72.8 Å². The molecule has 0 N–H and O–H groups in total. The van der Waals surface area contributed by atoms with Crippen molar-refractivity contribution in [3.8, 4) is 0 Å². The minimum Gasteiger partial charge on any atom is -0.214 e. The lowest BCUT2D eigenvalue weighted by Crippen LogP contribution is -1.98. The third kappa shape index (κ3) is 4.45. The lowest BCUT2D eigenvalue weighted by molar-refractivity contribution is 0.945. The Kier molecular flexibility index (Phi) is 4.69. The first-order chi connectivity index (χ1) is 11.3. The summed E-state index contributed by atoms with van der Waals surface area (Å²) in [7, 11) is 0. The highest BCUT2D eigenvalue weighted by Gasteiger charge is 1.98. The van der Waals surface area contributed by atoms with Crippen LogP contribution in [-0.4, -0.2) is 15.0 Å². The quantitative estimate of drug-likeness (QED) is 0.711. The fraction of sp³-hybridized carbons (Fsp3) is 0.0500. The van der Waals surface area contributed by atoms with Crippen molar-refractivity contribution in [2.75, 3.05) is 0 Å². The normalized spacial score (nSPS) is 11.3. The molecule has 0 aliphatic carbocycles. The molecule has 1 aromatic heterocycles. The number of hydrogen-bond acceptors (Lipinski definition) is 3. The molecule has 0 aliphatic heterocycles. The van der Waals surface area contributed by atoms with E-state index in [0.717, 1.165) is 11.1 Å². The van der Waals surface area contributed by atoms with Gasteiger partial charge in [0.1, 0.15) is 5.82 Å². The lowest BCUT2D eigenvalue weighted by Gasteiger charge is -1.99. The zero-order valence-electron chi connectivity index (χ0n) is 12.9. The molecule has 3 heteroatoms. The molecular weight excluding hydrogens is 282 g/mol. The largest absolute Gasteiger partial charge is 0.214 e. The van der Waals surface area contributed by atoms with Crippen molar-refractivity contribution in [1.82, 2.24) is 15.0 Å². The molecule has 0 saturated carbocycles. The predicted molar refractivity (Wildman–Crippen MR) is 95.3 cm³/mol. The fourth-order valence-corrected chi connectivity index (χ4v) is 2.14. The summed E-state index contributed by atoms with van der Waals surface area (Å²) in [4.78, 5) is 13.2. The van der Waals surface area contributed by atoms with Crippen molar-refractivity contribution in [3.05, 3.63) is 89.3 Å². The van der Waals surface area contributed by atoms with E-state index in [-0.39, 0.29) is 0 Å². The molecule has 112 valence electrons. The van der Waals surface area contributed by atoms with Crippen LogP contribution < -0.4 is 0 Å². The number of rotatable bonds is 4. The Labute approximate surface area is 136 Å². The summed E-state index contributed by atoms with van der Waals surface area (Å²) in [6, 6.07) is 20.2. The van der Waals surface area contributed by atoms with E-state index in [1.54, 1.807) is 0 Å². The van der Waals surface area contributed by atoms with Crippen LogP contribution in [0.5, 0.6) is 0 Å². The monoisotopic (exact) mass is 299 g/mol.